The van der Waals surface area contributed by atoms with E-state index in [-0.39, 0.29) is 23.8 Å². The van der Waals surface area contributed by atoms with Crippen molar-refractivity contribution in [3.63, 3.8) is 0 Å². The van der Waals surface area contributed by atoms with Crippen molar-refractivity contribution < 1.29 is 32.6 Å². The maximum absolute atomic E-state index is 13.3. The number of carboxylic acids is 1. The van der Waals surface area contributed by atoms with E-state index in [1.54, 1.807) is 24.3 Å². The fourth-order valence-corrected chi connectivity index (χ4v) is 4.59. The van der Waals surface area contributed by atoms with Crippen molar-refractivity contribution in [2.45, 2.75) is 50.9 Å². The highest BCUT2D eigenvalue weighted by Crippen LogP contribution is 2.33. The van der Waals surface area contributed by atoms with Crippen LogP contribution in [0.1, 0.15) is 53.6 Å². The molecule has 0 spiro atoms. The van der Waals surface area contributed by atoms with Crippen LogP contribution in [0.25, 0.3) is 10.8 Å². The predicted molar refractivity (Wildman–Crippen MR) is 125 cm³/mol. The van der Waals surface area contributed by atoms with E-state index in [2.05, 4.69) is 5.32 Å². The number of fused-ring (bicyclic) bond motifs is 1. The number of benzene rings is 3. The van der Waals surface area contributed by atoms with Gasteiger partial charge >= 0.3 is 12.1 Å². The number of rotatable bonds is 7. The van der Waals surface area contributed by atoms with Gasteiger partial charge in [-0.25, -0.2) is 4.79 Å². The summed E-state index contributed by atoms with van der Waals surface area (Å²) in [5.41, 5.74) is -0.0746. The van der Waals surface area contributed by atoms with Crippen LogP contribution < -0.4 is 10.1 Å². The van der Waals surface area contributed by atoms with Crippen LogP contribution in [-0.2, 0) is 17.6 Å². The Hall–Kier alpha value is -3.55. The first-order valence-corrected chi connectivity index (χ1v) is 11.6. The molecule has 0 radical (unpaired) electrons. The molecule has 2 N–H and O–H groups in total. The molecule has 0 bridgehead atoms. The Morgan fingerprint density at radius 1 is 0.971 bits per heavy atom. The van der Waals surface area contributed by atoms with Crippen LogP contribution in [0.3, 0.4) is 0 Å². The number of carbonyl (C=O) groups excluding carboxylic acids is 1. The minimum atomic E-state index is -4.43. The molecule has 1 aliphatic carbocycles. The molecule has 8 heteroatoms. The maximum atomic E-state index is 13.3. The van der Waals surface area contributed by atoms with Crippen LogP contribution in [0.5, 0.6) is 5.75 Å². The van der Waals surface area contributed by atoms with E-state index in [1.165, 1.54) is 12.1 Å². The lowest BCUT2D eigenvalue weighted by Crippen LogP contribution is -2.46. The number of ether oxygens (including phenoxy) is 1. The normalized spacial score (nSPS) is 15.5. The molecule has 1 saturated carbocycles. The molecular weight excluding hydrogens is 459 g/mol. The third-order valence-corrected chi connectivity index (χ3v) is 6.46. The molecule has 0 unspecified atom stereocenters. The average Bonchev–Trinajstić information content (AvgIpc) is 2.85. The van der Waals surface area contributed by atoms with Crippen molar-refractivity contribution in [1.82, 2.24) is 5.32 Å². The second-order valence-electron chi connectivity index (χ2n) is 8.83. The van der Waals surface area contributed by atoms with Crippen LogP contribution in [0.15, 0.2) is 60.7 Å². The summed E-state index contributed by atoms with van der Waals surface area (Å²) in [6, 6.07) is 14.2. The molecule has 184 valence electrons. The molecule has 4 rings (SSSR count). The van der Waals surface area contributed by atoms with Gasteiger partial charge in [0, 0.05) is 5.39 Å². The number of carbonyl (C=O) groups is 2. The summed E-state index contributed by atoms with van der Waals surface area (Å²) in [7, 11) is 0. The lowest BCUT2D eigenvalue weighted by Gasteiger charge is -2.28. The van der Waals surface area contributed by atoms with Gasteiger partial charge in [0.1, 0.15) is 18.4 Å². The lowest BCUT2D eigenvalue weighted by atomic mass is 9.83. The third kappa shape index (κ3) is 5.75. The number of carboxylic acid groups (broad SMARTS) is 1. The van der Waals surface area contributed by atoms with E-state index in [9.17, 15) is 27.9 Å². The van der Waals surface area contributed by atoms with Crippen LogP contribution in [0.4, 0.5) is 13.2 Å². The number of amides is 1. The molecule has 35 heavy (non-hydrogen) atoms. The van der Waals surface area contributed by atoms with Crippen molar-refractivity contribution >= 4 is 22.6 Å². The van der Waals surface area contributed by atoms with E-state index in [0.29, 0.717) is 10.9 Å². The van der Waals surface area contributed by atoms with Gasteiger partial charge in [0.2, 0.25) is 0 Å². The van der Waals surface area contributed by atoms with Crippen molar-refractivity contribution in [1.29, 1.82) is 0 Å². The average molecular weight is 486 g/mol. The molecular formula is C27H26F3NO4. The summed E-state index contributed by atoms with van der Waals surface area (Å²) in [4.78, 5) is 25.2. The van der Waals surface area contributed by atoms with E-state index >= 15 is 0 Å². The first-order chi connectivity index (χ1) is 16.7. The van der Waals surface area contributed by atoms with Gasteiger partial charge in [-0.3, -0.25) is 4.79 Å². The standard InChI is InChI=1S/C27H26F3NO4/c28-27(29,30)20-13-10-17(11-14-20)16-35-24-21-9-5-4-6-18(21)12-15-22(24)25(32)31-23(26(33)34)19-7-2-1-3-8-19/h4-6,9-15,19,23H,1-3,7-8,16H2,(H,31,32)(H,33,34)/t23-/m0/s1. The van der Waals surface area contributed by atoms with Crippen LogP contribution in [-0.4, -0.2) is 23.0 Å². The molecule has 1 amide bonds. The van der Waals surface area contributed by atoms with Crippen molar-refractivity contribution in [3.05, 3.63) is 77.4 Å². The SMILES string of the molecule is O=C(N[C@H](C(=O)O)C1CCCCC1)c1ccc2ccccc2c1OCc1ccc(C(F)(F)F)cc1. The number of halogens is 3. The largest absolute Gasteiger partial charge is 0.487 e. The number of nitrogens with one attached hydrogen (secondary N) is 1. The van der Waals surface area contributed by atoms with Gasteiger partial charge in [-0.15, -0.1) is 0 Å². The quantitative estimate of drug-likeness (QED) is 0.418. The Bertz CT molecular complexity index is 1200. The molecule has 0 heterocycles. The Labute approximate surface area is 200 Å². The Morgan fingerprint density at radius 3 is 2.31 bits per heavy atom. The minimum absolute atomic E-state index is 0.0581. The number of aliphatic carboxylic acids is 1. The van der Waals surface area contributed by atoms with E-state index in [1.807, 2.05) is 12.1 Å². The van der Waals surface area contributed by atoms with E-state index < -0.39 is 29.7 Å². The number of hydrogen-bond donors (Lipinski definition) is 2. The highest BCUT2D eigenvalue weighted by Gasteiger charge is 2.32. The van der Waals surface area contributed by atoms with Gasteiger partial charge in [0.25, 0.3) is 5.91 Å². The number of hydrogen-bond acceptors (Lipinski definition) is 3. The van der Waals surface area contributed by atoms with Crippen LogP contribution in [0.2, 0.25) is 0 Å². The van der Waals surface area contributed by atoms with Gasteiger partial charge in [-0.05, 0) is 47.9 Å². The van der Waals surface area contributed by atoms with Crippen LogP contribution in [0, 0.1) is 5.92 Å². The lowest BCUT2D eigenvalue weighted by molar-refractivity contribution is -0.141. The predicted octanol–water partition coefficient (Wildman–Crippen LogP) is 6.20. The van der Waals surface area contributed by atoms with E-state index in [4.69, 9.17) is 4.74 Å². The fourth-order valence-electron chi connectivity index (χ4n) is 4.59. The zero-order valence-corrected chi connectivity index (χ0v) is 19.0. The molecule has 3 aromatic carbocycles. The second kappa shape index (κ2) is 10.4. The van der Waals surface area contributed by atoms with E-state index in [0.717, 1.165) is 49.6 Å². The first-order valence-electron chi connectivity index (χ1n) is 11.6. The summed E-state index contributed by atoms with van der Waals surface area (Å²) in [6.07, 6.45) is -0.0231. The first kappa shape index (κ1) is 24.6. The molecule has 1 fully saturated rings. The van der Waals surface area contributed by atoms with Gasteiger partial charge < -0.3 is 15.2 Å². The Balaban J connectivity index is 1.60. The van der Waals surface area contributed by atoms with Gasteiger partial charge in [-0.1, -0.05) is 61.7 Å². The van der Waals surface area contributed by atoms with Crippen molar-refractivity contribution in [2.24, 2.45) is 5.92 Å². The zero-order chi connectivity index (χ0) is 25.0. The molecule has 0 saturated heterocycles. The third-order valence-electron chi connectivity index (χ3n) is 6.46. The van der Waals surface area contributed by atoms with Crippen molar-refractivity contribution in [3.8, 4) is 5.75 Å². The maximum Gasteiger partial charge on any atom is 0.416 e. The summed E-state index contributed by atoms with van der Waals surface area (Å²) in [5.74, 6) is -1.51. The highest BCUT2D eigenvalue weighted by atomic mass is 19.4. The summed E-state index contributed by atoms with van der Waals surface area (Å²) >= 11 is 0. The molecule has 1 aliphatic rings. The fraction of sp³-hybridized carbons (Fsp3) is 0.333. The zero-order valence-electron chi connectivity index (χ0n) is 19.0. The summed E-state index contributed by atoms with van der Waals surface area (Å²) < 4.78 is 44.6. The Kier molecular flexibility index (Phi) is 7.28. The number of alkyl halides is 3. The summed E-state index contributed by atoms with van der Waals surface area (Å²) in [6.45, 7) is -0.0581. The molecule has 0 aliphatic heterocycles. The topological polar surface area (TPSA) is 75.6 Å². The van der Waals surface area contributed by atoms with Gasteiger partial charge in [0.05, 0.1) is 11.1 Å². The molecule has 1 atom stereocenters. The monoisotopic (exact) mass is 485 g/mol. The Morgan fingerprint density at radius 2 is 1.66 bits per heavy atom. The highest BCUT2D eigenvalue weighted by molar-refractivity contribution is 6.04. The van der Waals surface area contributed by atoms with Crippen molar-refractivity contribution in [2.75, 3.05) is 0 Å². The van der Waals surface area contributed by atoms with Crippen LogP contribution >= 0.6 is 0 Å². The van der Waals surface area contributed by atoms with Gasteiger partial charge in [-0.2, -0.15) is 13.2 Å². The summed E-state index contributed by atoms with van der Waals surface area (Å²) in [5, 5.41) is 13.9. The van der Waals surface area contributed by atoms with Gasteiger partial charge in [0.15, 0.2) is 0 Å². The minimum Gasteiger partial charge on any atom is -0.487 e. The molecule has 3 aromatic rings. The molecule has 0 aromatic heterocycles. The smallest absolute Gasteiger partial charge is 0.416 e. The second-order valence-corrected chi connectivity index (χ2v) is 8.83. The molecule has 5 nitrogen and oxygen atoms in total.